The number of hydrogen-bond donors (Lipinski definition) is 1. The number of anilines is 1. The van der Waals surface area contributed by atoms with Gasteiger partial charge in [-0.05, 0) is 37.1 Å². The van der Waals surface area contributed by atoms with Crippen LogP contribution >= 0.6 is 11.3 Å². The molecule has 130 valence electrons. The van der Waals surface area contributed by atoms with Crippen LogP contribution in [0.25, 0.3) is 10.2 Å². The number of nitrogens with zero attached hydrogens (tertiary/aromatic N) is 3. The lowest BCUT2D eigenvalue weighted by atomic mass is 10.0. The second-order valence-corrected chi connectivity index (χ2v) is 7.08. The number of aromatic nitrogens is 3. The fraction of sp³-hybridized carbons (Fsp3) is 0.158. The van der Waals surface area contributed by atoms with Gasteiger partial charge in [-0.15, -0.1) is 16.4 Å². The topological polar surface area (TPSA) is 80.9 Å². The molecule has 1 amide bonds. The lowest BCUT2D eigenvalue weighted by Crippen LogP contribution is -2.11. The zero-order chi connectivity index (χ0) is 18.1. The van der Waals surface area contributed by atoms with Gasteiger partial charge in [0.25, 0.3) is 5.91 Å². The van der Waals surface area contributed by atoms with Crippen LogP contribution in [0.15, 0.2) is 46.9 Å². The van der Waals surface area contributed by atoms with Crippen molar-refractivity contribution in [1.82, 2.24) is 15.2 Å². The fourth-order valence-electron chi connectivity index (χ4n) is 2.70. The molecule has 2 heterocycles. The largest absolute Gasteiger partial charge is 0.407 e. The standard InChI is InChI=1S/C19H16N4O2S/c1-11-7-8-13(12(2)9-11)10-16-22-23-19(25-16)21-17(24)18-20-14-5-3-4-6-15(14)26-18/h3-9H,10H2,1-2H3,(H,21,23,24). The van der Waals surface area contributed by atoms with Gasteiger partial charge in [0, 0.05) is 0 Å². The Hall–Kier alpha value is -3.06. The van der Waals surface area contributed by atoms with Crippen molar-refractivity contribution in [1.29, 1.82) is 0 Å². The number of carbonyl (C=O) groups is 1. The van der Waals surface area contributed by atoms with Gasteiger partial charge in [0.2, 0.25) is 5.89 Å². The van der Waals surface area contributed by atoms with Gasteiger partial charge in [-0.3, -0.25) is 10.1 Å². The zero-order valence-electron chi connectivity index (χ0n) is 14.3. The normalized spacial score (nSPS) is 11.0. The summed E-state index contributed by atoms with van der Waals surface area (Å²) < 4.78 is 6.52. The van der Waals surface area contributed by atoms with Gasteiger partial charge >= 0.3 is 6.01 Å². The average Bonchev–Trinajstić information content (AvgIpc) is 3.24. The molecular formula is C19H16N4O2S. The Balaban J connectivity index is 1.48. The van der Waals surface area contributed by atoms with Crippen LogP contribution in [0, 0.1) is 13.8 Å². The van der Waals surface area contributed by atoms with E-state index < -0.39 is 0 Å². The number of hydrogen-bond acceptors (Lipinski definition) is 6. The van der Waals surface area contributed by atoms with E-state index in [0.717, 1.165) is 15.8 Å². The quantitative estimate of drug-likeness (QED) is 0.589. The molecular weight excluding hydrogens is 348 g/mol. The molecule has 0 bridgehead atoms. The monoisotopic (exact) mass is 364 g/mol. The van der Waals surface area contributed by atoms with E-state index in [4.69, 9.17) is 4.42 Å². The van der Waals surface area contributed by atoms with Crippen LogP contribution in [0.4, 0.5) is 6.01 Å². The third kappa shape index (κ3) is 3.34. The van der Waals surface area contributed by atoms with E-state index in [0.29, 0.717) is 17.3 Å². The molecule has 4 aromatic rings. The summed E-state index contributed by atoms with van der Waals surface area (Å²) in [5.41, 5.74) is 4.29. The summed E-state index contributed by atoms with van der Waals surface area (Å²) in [5, 5.41) is 10.9. The fourth-order valence-corrected chi connectivity index (χ4v) is 3.56. The number of fused-ring (bicyclic) bond motifs is 1. The van der Waals surface area contributed by atoms with E-state index in [1.54, 1.807) is 0 Å². The van der Waals surface area contributed by atoms with Crippen molar-refractivity contribution in [3.05, 3.63) is 70.1 Å². The number of carbonyl (C=O) groups excluding carboxylic acids is 1. The summed E-state index contributed by atoms with van der Waals surface area (Å²) in [6.45, 7) is 4.10. The summed E-state index contributed by atoms with van der Waals surface area (Å²) in [5.74, 6) is 0.101. The molecule has 1 N–H and O–H groups in total. The van der Waals surface area contributed by atoms with Crippen molar-refractivity contribution >= 4 is 33.5 Å². The van der Waals surface area contributed by atoms with Gasteiger partial charge in [0.1, 0.15) is 0 Å². The van der Waals surface area contributed by atoms with E-state index in [-0.39, 0.29) is 11.9 Å². The SMILES string of the molecule is Cc1ccc(Cc2nnc(NC(=O)c3nc4ccccc4s3)o2)c(C)c1. The number of amides is 1. The van der Waals surface area contributed by atoms with Crippen LogP contribution < -0.4 is 5.32 Å². The number of thiazole rings is 1. The summed E-state index contributed by atoms with van der Waals surface area (Å²) in [6.07, 6.45) is 0.524. The maximum absolute atomic E-state index is 12.4. The molecule has 0 atom stereocenters. The van der Waals surface area contributed by atoms with Gasteiger partial charge in [-0.2, -0.15) is 0 Å². The van der Waals surface area contributed by atoms with Gasteiger partial charge < -0.3 is 4.42 Å². The van der Waals surface area contributed by atoms with Crippen molar-refractivity contribution in [2.75, 3.05) is 5.32 Å². The Morgan fingerprint density at radius 2 is 2.00 bits per heavy atom. The molecule has 0 aliphatic carbocycles. The average molecular weight is 364 g/mol. The van der Waals surface area contributed by atoms with Gasteiger partial charge in [0.05, 0.1) is 16.6 Å². The molecule has 0 radical (unpaired) electrons. The number of aryl methyl sites for hydroxylation is 2. The summed E-state index contributed by atoms with van der Waals surface area (Å²) in [4.78, 5) is 16.7. The van der Waals surface area contributed by atoms with Crippen LogP contribution in [0.5, 0.6) is 0 Å². The maximum atomic E-state index is 12.4. The molecule has 0 unspecified atom stereocenters. The highest BCUT2D eigenvalue weighted by Gasteiger charge is 2.16. The van der Waals surface area contributed by atoms with E-state index in [9.17, 15) is 4.79 Å². The molecule has 7 heteroatoms. The molecule has 2 aromatic heterocycles. The lowest BCUT2D eigenvalue weighted by Gasteiger charge is -2.03. The Labute approximate surface area is 153 Å². The van der Waals surface area contributed by atoms with Crippen LogP contribution in [0.1, 0.15) is 32.4 Å². The molecule has 0 saturated heterocycles. The minimum atomic E-state index is -0.354. The number of benzene rings is 2. The molecule has 4 rings (SSSR count). The van der Waals surface area contributed by atoms with Crippen LogP contribution in [-0.4, -0.2) is 21.1 Å². The molecule has 2 aromatic carbocycles. The molecule has 26 heavy (non-hydrogen) atoms. The molecule has 0 spiro atoms. The first kappa shape index (κ1) is 16.4. The zero-order valence-corrected chi connectivity index (χ0v) is 15.1. The van der Waals surface area contributed by atoms with Crippen molar-refractivity contribution in [2.24, 2.45) is 0 Å². The van der Waals surface area contributed by atoms with E-state index in [1.807, 2.05) is 30.3 Å². The van der Waals surface area contributed by atoms with Gasteiger partial charge in [-0.1, -0.05) is 41.0 Å². The third-order valence-corrected chi connectivity index (χ3v) is 5.05. The summed E-state index contributed by atoms with van der Waals surface area (Å²) >= 11 is 1.32. The Morgan fingerprint density at radius 3 is 2.81 bits per heavy atom. The number of para-hydroxylation sites is 1. The van der Waals surface area contributed by atoms with Crippen LogP contribution in [0.2, 0.25) is 0 Å². The minimum Gasteiger partial charge on any atom is -0.407 e. The number of nitrogens with one attached hydrogen (secondary N) is 1. The Morgan fingerprint density at radius 1 is 1.15 bits per heavy atom. The predicted molar refractivity (Wildman–Crippen MR) is 101 cm³/mol. The highest BCUT2D eigenvalue weighted by atomic mass is 32.1. The third-order valence-electron chi connectivity index (χ3n) is 4.02. The first-order valence-corrected chi connectivity index (χ1v) is 8.95. The molecule has 6 nitrogen and oxygen atoms in total. The minimum absolute atomic E-state index is 0.0778. The van der Waals surface area contributed by atoms with Crippen molar-refractivity contribution in [3.63, 3.8) is 0 Å². The summed E-state index contributed by atoms with van der Waals surface area (Å²) in [7, 11) is 0. The Kier molecular flexibility index (Phi) is 4.22. The van der Waals surface area contributed by atoms with E-state index in [2.05, 4.69) is 46.5 Å². The molecule has 0 aliphatic rings. The van der Waals surface area contributed by atoms with Crippen LogP contribution in [-0.2, 0) is 6.42 Å². The first-order valence-electron chi connectivity index (χ1n) is 8.14. The van der Waals surface area contributed by atoms with Gasteiger partial charge in [0.15, 0.2) is 5.01 Å². The smallest absolute Gasteiger partial charge is 0.322 e. The molecule has 0 fully saturated rings. The molecule has 0 aliphatic heterocycles. The maximum Gasteiger partial charge on any atom is 0.322 e. The highest BCUT2D eigenvalue weighted by molar-refractivity contribution is 7.20. The highest BCUT2D eigenvalue weighted by Crippen LogP contribution is 2.22. The summed E-state index contributed by atoms with van der Waals surface area (Å²) in [6, 6.07) is 13.9. The first-order chi connectivity index (χ1) is 12.6. The number of rotatable bonds is 4. The van der Waals surface area contributed by atoms with Crippen molar-refractivity contribution < 1.29 is 9.21 Å². The second-order valence-electron chi connectivity index (χ2n) is 6.05. The lowest BCUT2D eigenvalue weighted by molar-refractivity contribution is 0.102. The van der Waals surface area contributed by atoms with Crippen LogP contribution in [0.3, 0.4) is 0 Å². The van der Waals surface area contributed by atoms with Crippen molar-refractivity contribution in [2.45, 2.75) is 20.3 Å². The van der Waals surface area contributed by atoms with Crippen molar-refractivity contribution in [3.8, 4) is 0 Å². The van der Waals surface area contributed by atoms with E-state index in [1.165, 1.54) is 22.5 Å². The van der Waals surface area contributed by atoms with Gasteiger partial charge in [-0.25, -0.2) is 4.98 Å². The van der Waals surface area contributed by atoms with E-state index >= 15 is 0 Å². The Bertz CT molecular complexity index is 1070. The molecule has 0 saturated carbocycles. The second kappa shape index (κ2) is 6.68. The predicted octanol–water partition coefficient (Wildman–Crippen LogP) is 4.14.